The Morgan fingerprint density at radius 1 is 0.625 bits per heavy atom. The smallest absolute Gasteiger partial charge is 0.119 e. The van der Waals surface area contributed by atoms with Gasteiger partial charge in [-0.3, -0.25) is 0 Å². The van der Waals surface area contributed by atoms with E-state index >= 15 is 0 Å². The van der Waals surface area contributed by atoms with Crippen molar-refractivity contribution < 1.29 is 4.74 Å². The van der Waals surface area contributed by atoms with Gasteiger partial charge in [-0.15, -0.1) is 0 Å². The Labute approximate surface area is 148 Å². The average Bonchev–Trinajstić information content (AvgIpc) is 2.62. The van der Waals surface area contributed by atoms with Crippen molar-refractivity contribution >= 4 is 0 Å². The molecule has 130 valence electrons. The van der Waals surface area contributed by atoms with Gasteiger partial charge in [0, 0.05) is 0 Å². The number of hydrogen-bond donors (Lipinski definition) is 0. The second kappa shape index (κ2) is 10.9. The van der Waals surface area contributed by atoms with Gasteiger partial charge < -0.3 is 4.74 Å². The minimum atomic E-state index is 0.832. The first-order chi connectivity index (χ1) is 11.8. The Kier molecular flexibility index (Phi) is 8.45. The van der Waals surface area contributed by atoms with Crippen LogP contribution in [-0.4, -0.2) is 6.61 Å². The van der Waals surface area contributed by atoms with Crippen molar-refractivity contribution in [3.8, 4) is 16.9 Å². The maximum atomic E-state index is 5.86. The normalized spacial score (nSPS) is 10.8. The summed E-state index contributed by atoms with van der Waals surface area (Å²) in [6, 6.07) is 17.1. The van der Waals surface area contributed by atoms with Crippen molar-refractivity contribution in [2.45, 2.75) is 65.2 Å². The molecule has 0 aliphatic carbocycles. The highest BCUT2D eigenvalue weighted by Crippen LogP contribution is 2.23. The minimum Gasteiger partial charge on any atom is -0.494 e. The average molecular weight is 325 g/mol. The molecular formula is C23H32O. The molecule has 1 heteroatoms. The summed E-state index contributed by atoms with van der Waals surface area (Å²) >= 11 is 0. The van der Waals surface area contributed by atoms with E-state index in [2.05, 4.69) is 62.4 Å². The molecule has 0 aromatic heterocycles. The quantitative estimate of drug-likeness (QED) is 0.398. The van der Waals surface area contributed by atoms with Crippen LogP contribution < -0.4 is 4.74 Å². The van der Waals surface area contributed by atoms with E-state index in [4.69, 9.17) is 4.74 Å². The van der Waals surface area contributed by atoms with E-state index in [9.17, 15) is 0 Å². The molecular weight excluding hydrogens is 292 g/mol. The molecule has 0 bridgehead atoms. The Hall–Kier alpha value is -1.76. The van der Waals surface area contributed by atoms with Crippen LogP contribution in [0.25, 0.3) is 11.1 Å². The first-order valence-electron chi connectivity index (χ1n) is 9.59. The standard InChI is InChI=1S/C23H32O/c1-3-4-5-6-7-8-9-10-19-24-23-17-15-22(16-18-23)21-13-11-20(2)12-14-21/h11-18H,3-10,19H2,1-2H3. The molecule has 2 aromatic rings. The summed E-state index contributed by atoms with van der Waals surface area (Å²) in [7, 11) is 0. The van der Waals surface area contributed by atoms with Crippen LogP contribution in [-0.2, 0) is 0 Å². The van der Waals surface area contributed by atoms with Crippen molar-refractivity contribution in [1.82, 2.24) is 0 Å². The first kappa shape index (κ1) is 18.6. The van der Waals surface area contributed by atoms with Gasteiger partial charge in [0.25, 0.3) is 0 Å². The molecule has 0 saturated carbocycles. The van der Waals surface area contributed by atoms with E-state index in [-0.39, 0.29) is 0 Å². The lowest BCUT2D eigenvalue weighted by atomic mass is 10.0. The topological polar surface area (TPSA) is 9.23 Å². The van der Waals surface area contributed by atoms with Gasteiger partial charge in [-0.1, -0.05) is 93.8 Å². The third kappa shape index (κ3) is 6.78. The van der Waals surface area contributed by atoms with Crippen molar-refractivity contribution in [2.24, 2.45) is 0 Å². The number of ether oxygens (including phenoxy) is 1. The molecule has 1 nitrogen and oxygen atoms in total. The summed E-state index contributed by atoms with van der Waals surface area (Å²) in [5, 5.41) is 0. The number of unbranched alkanes of at least 4 members (excludes halogenated alkanes) is 7. The highest BCUT2D eigenvalue weighted by Gasteiger charge is 1.99. The van der Waals surface area contributed by atoms with E-state index in [0.29, 0.717) is 0 Å². The molecule has 24 heavy (non-hydrogen) atoms. The molecule has 0 heterocycles. The van der Waals surface area contributed by atoms with Gasteiger partial charge in [-0.05, 0) is 36.6 Å². The fourth-order valence-corrected chi connectivity index (χ4v) is 2.92. The lowest BCUT2D eigenvalue weighted by Crippen LogP contribution is -1.97. The largest absolute Gasteiger partial charge is 0.494 e. The molecule has 0 spiro atoms. The summed E-state index contributed by atoms with van der Waals surface area (Å²) in [6.07, 6.45) is 10.7. The highest BCUT2D eigenvalue weighted by atomic mass is 16.5. The van der Waals surface area contributed by atoms with Crippen LogP contribution in [0.5, 0.6) is 5.75 Å². The summed E-state index contributed by atoms with van der Waals surface area (Å²) in [5.41, 5.74) is 3.80. The summed E-state index contributed by atoms with van der Waals surface area (Å²) in [5.74, 6) is 0.980. The summed E-state index contributed by atoms with van der Waals surface area (Å²) in [4.78, 5) is 0. The van der Waals surface area contributed by atoms with E-state index in [0.717, 1.165) is 18.8 Å². The molecule has 0 aliphatic rings. The van der Waals surface area contributed by atoms with Gasteiger partial charge in [-0.2, -0.15) is 0 Å². The summed E-state index contributed by atoms with van der Waals surface area (Å²) < 4.78 is 5.86. The fraction of sp³-hybridized carbons (Fsp3) is 0.478. The summed E-state index contributed by atoms with van der Waals surface area (Å²) in [6.45, 7) is 5.22. The molecule has 0 N–H and O–H groups in total. The van der Waals surface area contributed by atoms with Crippen molar-refractivity contribution in [3.63, 3.8) is 0 Å². The van der Waals surface area contributed by atoms with Crippen LogP contribution >= 0.6 is 0 Å². The Balaban J connectivity index is 1.63. The monoisotopic (exact) mass is 324 g/mol. The fourth-order valence-electron chi connectivity index (χ4n) is 2.92. The number of aryl methyl sites for hydroxylation is 1. The van der Waals surface area contributed by atoms with Gasteiger partial charge in [-0.25, -0.2) is 0 Å². The molecule has 2 aromatic carbocycles. The number of hydrogen-bond acceptors (Lipinski definition) is 1. The van der Waals surface area contributed by atoms with Gasteiger partial charge in [0.2, 0.25) is 0 Å². The zero-order valence-corrected chi connectivity index (χ0v) is 15.4. The Bertz CT molecular complexity index is 554. The molecule has 0 fully saturated rings. The first-order valence-corrected chi connectivity index (χ1v) is 9.59. The second-order valence-corrected chi connectivity index (χ2v) is 6.71. The number of rotatable bonds is 11. The van der Waals surface area contributed by atoms with Crippen molar-refractivity contribution in [1.29, 1.82) is 0 Å². The third-order valence-corrected chi connectivity index (χ3v) is 4.51. The number of benzene rings is 2. The zero-order valence-electron chi connectivity index (χ0n) is 15.4. The zero-order chi connectivity index (χ0) is 17.0. The molecule has 0 amide bonds. The highest BCUT2D eigenvalue weighted by molar-refractivity contribution is 5.64. The van der Waals surface area contributed by atoms with Crippen LogP contribution in [0, 0.1) is 6.92 Å². The van der Waals surface area contributed by atoms with Gasteiger partial charge in [0.1, 0.15) is 5.75 Å². The van der Waals surface area contributed by atoms with Crippen LogP contribution in [0.3, 0.4) is 0 Å². The van der Waals surface area contributed by atoms with E-state index in [1.165, 1.54) is 61.6 Å². The van der Waals surface area contributed by atoms with E-state index < -0.39 is 0 Å². The second-order valence-electron chi connectivity index (χ2n) is 6.71. The van der Waals surface area contributed by atoms with Gasteiger partial charge in [0.05, 0.1) is 6.61 Å². The molecule has 2 rings (SSSR count). The van der Waals surface area contributed by atoms with Crippen LogP contribution in [0.1, 0.15) is 63.9 Å². The van der Waals surface area contributed by atoms with Gasteiger partial charge >= 0.3 is 0 Å². The lowest BCUT2D eigenvalue weighted by molar-refractivity contribution is 0.304. The maximum Gasteiger partial charge on any atom is 0.119 e. The predicted octanol–water partition coefficient (Wildman–Crippen LogP) is 7.18. The van der Waals surface area contributed by atoms with E-state index in [1.54, 1.807) is 0 Å². The van der Waals surface area contributed by atoms with E-state index in [1.807, 2.05) is 0 Å². The molecule has 0 saturated heterocycles. The lowest BCUT2D eigenvalue weighted by Gasteiger charge is -2.08. The Morgan fingerprint density at radius 2 is 1.12 bits per heavy atom. The maximum absolute atomic E-state index is 5.86. The van der Waals surface area contributed by atoms with Crippen LogP contribution in [0.15, 0.2) is 48.5 Å². The van der Waals surface area contributed by atoms with Crippen molar-refractivity contribution in [3.05, 3.63) is 54.1 Å². The van der Waals surface area contributed by atoms with Crippen LogP contribution in [0.4, 0.5) is 0 Å². The van der Waals surface area contributed by atoms with Crippen LogP contribution in [0.2, 0.25) is 0 Å². The SMILES string of the molecule is CCCCCCCCCCOc1ccc(-c2ccc(C)cc2)cc1. The molecule has 0 unspecified atom stereocenters. The molecule has 0 radical (unpaired) electrons. The van der Waals surface area contributed by atoms with Crippen molar-refractivity contribution in [2.75, 3.05) is 6.61 Å². The minimum absolute atomic E-state index is 0.832. The molecule has 0 aliphatic heterocycles. The molecule has 0 atom stereocenters. The third-order valence-electron chi connectivity index (χ3n) is 4.51. The Morgan fingerprint density at radius 3 is 1.71 bits per heavy atom. The predicted molar refractivity (Wildman–Crippen MR) is 105 cm³/mol. The van der Waals surface area contributed by atoms with Gasteiger partial charge in [0.15, 0.2) is 0 Å².